The summed E-state index contributed by atoms with van der Waals surface area (Å²) in [7, 11) is 0. The summed E-state index contributed by atoms with van der Waals surface area (Å²) in [5.74, 6) is 1.33. The van der Waals surface area contributed by atoms with Crippen molar-refractivity contribution < 1.29 is 13.9 Å². The van der Waals surface area contributed by atoms with Crippen molar-refractivity contribution in [3.05, 3.63) is 41.8 Å². The summed E-state index contributed by atoms with van der Waals surface area (Å²) in [5, 5.41) is 0. The molecule has 0 spiro atoms. The fraction of sp³-hybridized carbons (Fsp3) is 0.474. The molecule has 2 fully saturated rings. The lowest BCUT2D eigenvalue weighted by atomic mass is 9.92. The van der Waals surface area contributed by atoms with E-state index in [1.165, 1.54) is 12.8 Å². The van der Waals surface area contributed by atoms with E-state index in [2.05, 4.69) is 11.9 Å². The maximum atomic E-state index is 13.2. The number of pyridine rings is 1. The SMILES string of the molecule is Cc1nc(-c2ccco2)ccc1C(=O)N1CCOCC1(C)C1CC1. The Morgan fingerprint density at radius 2 is 2.17 bits per heavy atom. The third kappa shape index (κ3) is 2.53. The van der Waals surface area contributed by atoms with Crippen LogP contribution in [0, 0.1) is 12.8 Å². The van der Waals surface area contributed by atoms with Gasteiger partial charge in [-0.25, -0.2) is 4.98 Å². The van der Waals surface area contributed by atoms with Gasteiger partial charge in [0, 0.05) is 6.54 Å². The van der Waals surface area contributed by atoms with Crippen LogP contribution in [0.3, 0.4) is 0 Å². The minimum Gasteiger partial charge on any atom is -0.463 e. The molecule has 3 heterocycles. The number of hydrogen-bond acceptors (Lipinski definition) is 4. The first kappa shape index (κ1) is 15.4. The van der Waals surface area contributed by atoms with E-state index in [-0.39, 0.29) is 11.4 Å². The Bertz CT molecular complexity index is 752. The summed E-state index contributed by atoms with van der Waals surface area (Å²) < 4.78 is 11.1. The fourth-order valence-corrected chi connectivity index (χ4v) is 3.64. The maximum absolute atomic E-state index is 13.2. The van der Waals surface area contributed by atoms with Crippen molar-refractivity contribution in [1.82, 2.24) is 9.88 Å². The van der Waals surface area contributed by atoms with E-state index in [1.807, 2.05) is 36.1 Å². The average molecular weight is 326 g/mol. The van der Waals surface area contributed by atoms with Gasteiger partial charge in [0.05, 0.1) is 36.3 Å². The minimum absolute atomic E-state index is 0.0590. The molecule has 1 aliphatic carbocycles. The van der Waals surface area contributed by atoms with Gasteiger partial charge in [-0.1, -0.05) is 0 Å². The predicted octanol–water partition coefficient (Wildman–Crippen LogP) is 3.29. The van der Waals surface area contributed by atoms with Crippen LogP contribution in [0.15, 0.2) is 34.9 Å². The Labute approximate surface area is 141 Å². The Morgan fingerprint density at radius 3 is 2.83 bits per heavy atom. The molecule has 126 valence electrons. The van der Waals surface area contributed by atoms with Crippen molar-refractivity contribution >= 4 is 5.91 Å². The van der Waals surface area contributed by atoms with Crippen LogP contribution in [-0.2, 0) is 4.74 Å². The van der Waals surface area contributed by atoms with Crippen molar-refractivity contribution in [2.45, 2.75) is 32.2 Å². The molecule has 2 aromatic rings. The first-order valence-corrected chi connectivity index (χ1v) is 8.51. The number of rotatable bonds is 3. The third-order valence-corrected chi connectivity index (χ3v) is 5.26. The van der Waals surface area contributed by atoms with E-state index in [1.54, 1.807) is 6.26 Å². The maximum Gasteiger partial charge on any atom is 0.256 e. The van der Waals surface area contributed by atoms with Crippen molar-refractivity contribution in [3.8, 4) is 11.5 Å². The first-order valence-electron chi connectivity index (χ1n) is 8.51. The number of carbonyl (C=O) groups is 1. The van der Waals surface area contributed by atoms with Crippen LogP contribution in [-0.4, -0.2) is 41.1 Å². The molecule has 0 N–H and O–H groups in total. The molecule has 0 aromatic carbocycles. The molecule has 1 atom stereocenters. The van der Waals surface area contributed by atoms with E-state index in [0.717, 1.165) is 11.4 Å². The molecule has 1 amide bonds. The normalized spacial score (nSPS) is 24.2. The summed E-state index contributed by atoms with van der Waals surface area (Å²) in [6, 6.07) is 7.43. The van der Waals surface area contributed by atoms with Crippen molar-refractivity contribution in [2.75, 3.05) is 19.8 Å². The van der Waals surface area contributed by atoms with E-state index in [0.29, 0.717) is 37.0 Å². The van der Waals surface area contributed by atoms with E-state index in [4.69, 9.17) is 9.15 Å². The third-order valence-electron chi connectivity index (χ3n) is 5.26. The highest BCUT2D eigenvalue weighted by Crippen LogP contribution is 2.44. The molecule has 2 aliphatic rings. The van der Waals surface area contributed by atoms with Gasteiger partial charge >= 0.3 is 0 Å². The second-order valence-electron chi connectivity index (χ2n) is 6.95. The monoisotopic (exact) mass is 326 g/mol. The first-order chi connectivity index (χ1) is 11.6. The van der Waals surface area contributed by atoms with Crippen molar-refractivity contribution in [2.24, 2.45) is 5.92 Å². The van der Waals surface area contributed by atoms with E-state index >= 15 is 0 Å². The number of ether oxygens (including phenoxy) is 1. The highest BCUT2D eigenvalue weighted by atomic mass is 16.5. The molecule has 0 bridgehead atoms. The zero-order valence-corrected chi connectivity index (χ0v) is 14.1. The lowest BCUT2D eigenvalue weighted by molar-refractivity contribution is -0.0548. The standard InChI is InChI=1S/C19H22N2O3/c1-13-15(7-8-16(20-13)17-4-3-10-24-17)18(22)21-9-11-23-12-19(21,2)14-5-6-14/h3-4,7-8,10,14H,5-6,9,11-12H2,1-2H3. The summed E-state index contributed by atoms with van der Waals surface area (Å²) in [5.41, 5.74) is 1.96. The summed E-state index contributed by atoms with van der Waals surface area (Å²) in [4.78, 5) is 19.7. The summed E-state index contributed by atoms with van der Waals surface area (Å²) >= 11 is 0. The number of furan rings is 1. The lowest BCUT2D eigenvalue weighted by Gasteiger charge is -2.45. The van der Waals surface area contributed by atoms with Gasteiger partial charge in [0.2, 0.25) is 0 Å². The van der Waals surface area contributed by atoms with Crippen LogP contribution >= 0.6 is 0 Å². The minimum atomic E-state index is -0.193. The van der Waals surface area contributed by atoms with Gasteiger partial charge in [0.15, 0.2) is 5.76 Å². The smallest absolute Gasteiger partial charge is 0.256 e. The molecule has 1 aliphatic heterocycles. The van der Waals surface area contributed by atoms with Gasteiger partial charge in [-0.15, -0.1) is 0 Å². The molecule has 1 unspecified atom stereocenters. The molecule has 1 saturated carbocycles. The second-order valence-corrected chi connectivity index (χ2v) is 6.95. The molecule has 2 aromatic heterocycles. The van der Waals surface area contributed by atoms with Gasteiger partial charge in [-0.05, 0) is 56.9 Å². The predicted molar refractivity (Wildman–Crippen MR) is 89.7 cm³/mol. The Balaban J connectivity index is 1.64. The lowest BCUT2D eigenvalue weighted by Crippen LogP contribution is -2.58. The van der Waals surface area contributed by atoms with Crippen LogP contribution in [0.2, 0.25) is 0 Å². The number of morpholine rings is 1. The van der Waals surface area contributed by atoms with Gasteiger partial charge in [-0.2, -0.15) is 0 Å². The van der Waals surface area contributed by atoms with Crippen LogP contribution in [0.25, 0.3) is 11.5 Å². The van der Waals surface area contributed by atoms with Crippen molar-refractivity contribution in [1.29, 1.82) is 0 Å². The summed E-state index contributed by atoms with van der Waals surface area (Å²) in [6.45, 7) is 5.91. The number of aryl methyl sites for hydroxylation is 1. The van der Waals surface area contributed by atoms with Crippen LogP contribution < -0.4 is 0 Å². The zero-order valence-electron chi connectivity index (χ0n) is 14.1. The molecule has 4 rings (SSSR count). The molecular formula is C19H22N2O3. The second kappa shape index (κ2) is 5.74. The topological polar surface area (TPSA) is 55.6 Å². The highest BCUT2D eigenvalue weighted by molar-refractivity contribution is 5.96. The largest absolute Gasteiger partial charge is 0.463 e. The summed E-state index contributed by atoms with van der Waals surface area (Å²) in [6.07, 6.45) is 3.98. The average Bonchev–Trinajstić information content (AvgIpc) is 3.31. The van der Waals surface area contributed by atoms with Gasteiger partial charge < -0.3 is 14.1 Å². The fourth-order valence-electron chi connectivity index (χ4n) is 3.64. The highest BCUT2D eigenvalue weighted by Gasteiger charge is 2.49. The van der Waals surface area contributed by atoms with Gasteiger partial charge in [0.1, 0.15) is 5.69 Å². The Morgan fingerprint density at radius 1 is 1.33 bits per heavy atom. The number of nitrogens with zero attached hydrogens (tertiary/aromatic N) is 2. The zero-order chi connectivity index (χ0) is 16.7. The molecule has 5 heteroatoms. The number of carbonyl (C=O) groups excluding carboxylic acids is 1. The molecule has 24 heavy (non-hydrogen) atoms. The number of amides is 1. The molecule has 0 radical (unpaired) electrons. The van der Waals surface area contributed by atoms with Crippen LogP contribution in [0.5, 0.6) is 0 Å². The number of aromatic nitrogens is 1. The van der Waals surface area contributed by atoms with Gasteiger partial charge in [-0.3, -0.25) is 4.79 Å². The van der Waals surface area contributed by atoms with E-state index < -0.39 is 0 Å². The number of hydrogen-bond donors (Lipinski definition) is 0. The Hall–Kier alpha value is -2.14. The molecular weight excluding hydrogens is 304 g/mol. The quantitative estimate of drug-likeness (QED) is 0.868. The van der Waals surface area contributed by atoms with Gasteiger partial charge in [0.25, 0.3) is 5.91 Å². The van der Waals surface area contributed by atoms with Crippen LogP contribution in [0.1, 0.15) is 35.8 Å². The van der Waals surface area contributed by atoms with Crippen LogP contribution in [0.4, 0.5) is 0 Å². The van der Waals surface area contributed by atoms with E-state index in [9.17, 15) is 4.79 Å². The molecule has 1 saturated heterocycles. The van der Waals surface area contributed by atoms with Crippen molar-refractivity contribution in [3.63, 3.8) is 0 Å². The Kier molecular flexibility index (Phi) is 3.68. The molecule has 5 nitrogen and oxygen atoms in total.